The van der Waals surface area contributed by atoms with E-state index in [0.717, 1.165) is 16.8 Å². The van der Waals surface area contributed by atoms with Crippen LogP contribution in [0.4, 0.5) is 5.69 Å². The number of hydrogen-bond acceptors (Lipinski definition) is 4. The molecule has 1 aromatic rings. The van der Waals surface area contributed by atoms with Crippen LogP contribution in [0, 0.1) is 13.8 Å². The van der Waals surface area contributed by atoms with Gasteiger partial charge in [-0.05, 0) is 31.0 Å². The number of carbonyl (C=O) groups is 1. The maximum absolute atomic E-state index is 12.0. The molecule has 0 spiro atoms. The Kier molecular flexibility index (Phi) is 4.45. The average molecular weight is 296 g/mol. The predicted molar refractivity (Wildman–Crippen MR) is 79.6 cm³/mol. The first-order chi connectivity index (χ1) is 9.35. The number of rotatable bonds is 3. The van der Waals surface area contributed by atoms with Gasteiger partial charge in [-0.25, -0.2) is 8.42 Å². The second-order valence-corrected chi connectivity index (χ2v) is 7.56. The van der Waals surface area contributed by atoms with Crippen LogP contribution < -0.4 is 10.6 Å². The van der Waals surface area contributed by atoms with E-state index in [2.05, 4.69) is 10.6 Å². The van der Waals surface area contributed by atoms with Crippen molar-refractivity contribution in [2.45, 2.75) is 26.3 Å². The first-order valence-corrected chi connectivity index (χ1v) is 8.49. The third-order valence-electron chi connectivity index (χ3n) is 3.40. The van der Waals surface area contributed by atoms with Crippen molar-refractivity contribution in [3.05, 3.63) is 29.3 Å². The van der Waals surface area contributed by atoms with Crippen molar-refractivity contribution in [3.8, 4) is 0 Å². The standard InChI is InChI=1S/C14H20N2O3S/c1-10-3-4-11(2)13(7-10)16-14(17)8-12-9-20(18,19)6-5-15-12/h3-4,7,12,15H,5-6,8-9H2,1-2H3,(H,16,17). The minimum absolute atomic E-state index is 0.0349. The zero-order valence-corrected chi connectivity index (χ0v) is 12.6. The highest BCUT2D eigenvalue weighted by atomic mass is 32.2. The van der Waals surface area contributed by atoms with Crippen molar-refractivity contribution in [1.82, 2.24) is 5.32 Å². The fraction of sp³-hybridized carbons (Fsp3) is 0.500. The van der Waals surface area contributed by atoms with Gasteiger partial charge < -0.3 is 10.6 Å². The van der Waals surface area contributed by atoms with E-state index in [-0.39, 0.29) is 29.9 Å². The number of benzene rings is 1. The zero-order chi connectivity index (χ0) is 14.8. The fourth-order valence-electron chi connectivity index (χ4n) is 2.29. The summed E-state index contributed by atoms with van der Waals surface area (Å²) in [4.78, 5) is 12.0. The molecule has 1 unspecified atom stereocenters. The summed E-state index contributed by atoms with van der Waals surface area (Å²) in [6.45, 7) is 4.31. The normalized spacial score (nSPS) is 21.4. The highest BCUT2D eigenvalue weighted by molar-refractivity contribution is 7.91. The van der Waals surface area contributed by atoms with Crippen molar-refractivity contribution in [3.63, 3.8) is 0 Å². The lowest BCUT2D eigenvalue weighted by Crippen LogP contribution is -2.46. The molecule has 1 heterocycles. The molecule has 1 saturated heterocycles. The maximum Gasteiger partial charge on any atom is 0.225 e. The monoisotopic (exact) mass is 296 g/mol. The number of amides is 1. The van der Waals surface area contributed by atoms with Gasteiger partial charge in [0.25, 0.3) is 0 Å². The number of anilines is 1. The highest BCUT2D eigenvalue weighted by Crippen LogP contribution is 2.17. The van der Waals surface area contributed by atoms with Crippen LogP contribution in [0.2, 0.25) is 0 Å². The van der Waals surface area contributed by atoms with Gasteiger partial charge in [0.1, 0.15) is 0 Å². The molecule has 0 bridgehead atoms. The van der Waals surface area contributed by atoms with Crippen LogP contribution in [-0.4, -0.2) is 38.4 Å². The topological polar surface area (TPSA) is 75.3 Å². The number of hydrogen-bond donors (Lipinski definition) is 2. The van der Waals surface area contributed by atoms with E-state index in [1.165, 1.54) is 0 Å². The van der Waals surface area contributed by atoms with Gasteiger partial charge in [-0.3, -0.25) is 4.79 Å². The Bertz CT molecular complexity index is 611. The van der Waals surface area contributed by atoms with Crippen LogP contribution in [0.25, 0.3) is 0 Å². The van der Waals surface area contributed by atoms with Crippen LogP contribution in [0.15, 0.2) is 18.2 Å². The largest absolute Gasteiger partial charge is 0.326 e. The first-order valence-electron chi connectivity index (χ1n) is 6.67. The number of aryl methyl sites for hydroxylation is 2. The predicted octanol–water partition coefficient (Wildman–Crippen LogP) is 1.02. The molecule has 1 fully saturated rings. The molecule has 2 N–H and O–H groups in total. The number of carbonyl (C=O) groups excluding carboxylic acids is 1. The minimum atomic E-state index is -3.01. The molecule has 110 valence electrons. The van der Waals surface area contributed by atoms with Gasteiger partial charge >= 0.3 is 0 Å². The van der Waals surface area contributed by atoms with Crippen LogP contribution in [0.1, 0.15) is 17.5 Å². The smallest absolute Gasteiger partial charge is 0.225 e. The fourth-order valence-corrected chi connectivity index (χ4v) is 3.74. The van der Waals surface area contributed by atoms with Crippen molar-refractivity contribution >= 4 is 21.4 Å². The van der Waals surface area contributed by atoms with Crippen molar-refractivity contribution in [1.29, 1.82) is 0 Å². The van der Waals surface area contributed by atoms with Gasteiger partial charge in [0.15, 0.2) is 9.84 Å². The first kappa shape index (κ1) is 15.0. The van der Waals surface area contributed by atoms with Crippen LogP contribution >= 0.6 is 0 Å². The third kappa shape index (κ3) is 4.05. The SMILES string of the molecule is Cc1ccc(C)c(NC(=O)CC2CS(=O)(=O)CCN2)c1. The lowest BCUT2D eigenvalue weighted by molar-refractivity contribution is -0.116. The molecule has 1 atom stereocenters. The van der Waals surface area contributed by atoms with Gasteiger partial charge in [0.2, 0.25) is 5.91 Å². The van der Waals surface area contributed by atoms with E-state index >= 15 is 0 Å². The van der Waals surface area contributed by atoms with Gasteiger partial charge in [0.05, 0.1) is 11.5 Å². The van der Waals surface area contributed by atoms with E-state index in [9.17, 15) is 13.2 Å². The van der Waals surface area contributed by atoms with Crippen LogP contribution in [0.3, 0.4) is 0 Å². The molecular weight excluding hydrogens is 276 g/mol. The summed E-state index contributed by atoms with van der Waals surface area (Å²) in [5, 5.41) is 5.93. The Morgan fingerprint density at radius 1 is 1.40 bits per heavy atom. The summed E-state index contributed by atoms with van der Waals surface area (Å²) in [6.07, 6.45) is 0.173. The molecular formula is C14H20N2O3S. The van der Waals surface area contributed by atoms with E-state index in [1.807, 2.05) is 32.0 Å². The number of nitrogens with one attached hydrogen (secondary N) is 2. The molecule has 20 heavy (non-hydrogen) atoms. The van der Waals surface area contributed by atoms with Gasteiger partial charge in [0, 0.05) is 24.7 Å². The number of sulfone groups is 1. The molecule has 2 rings (SSSR count). The van der Waals surface area contributed by atoms with Gasteiger partial charge in [-0.2, -0.15) is 0 Å². The van der Waals surface area contributed by atoms with E-state index < -0.39 is 9.84 Å². The van der Waals surface area contributed by atoms with E-state index in [0.29, 0.717) is 6.54 Å². The second-order valence-electron chi connectivity index (χ2n) is 5.34. The lowest BCUT2D eigenvalue weighted by atomic mass is 10.1. The van der Waals surface area contributed by atoms with Crippen molar-refractivity contribution < 1.29 is 13.2 Å². The summed E-state index contributed by atoms with van der Waals surface area (Å²) in [6, 6.07) is 5.56. The Morgan fingerprint density at radius 2 is 2.15 bits per heavy atom. The Morgan fingerprint density at radius 3 is 2.85 bits per heavy atom. The molecule has 1 aromatic carbocycles. The lowest BCUT2D eigenvalue weighted by Gasteiger charge is -2.23. The Labute approximate surface area is 119 Å². The minimum Gasteiger partial charge on any atom is -0.326 e. The Balaban J connectivity index is 1.97. The molecule has 0 aromatic heterocycles. The molecule has 0 radical (unpaired) electrons. The molecule has 1 aliphatic rings. The molecule has 6 heteroatoms. The summed E-state index contributed by atoms with van der Waals surface area (Å²) < 4.78 is 23.1. The highest BCUT2D eigenvalue weighted by Gasteiger charge is 2.26. The Hall–Kier alpha value is -1.40. The third-order valence-corrected chi connectivity index (χ3v) is 5.14. The molecule has 0 aliphatic carbocycles. The molecule has 0 saturated carbocycles. The van der Waals surface area contributed by atoms with Gasteiger partial charge in [-0.1, -0.05) is 12.1 Å². The van der Waals surface area contributed by atoms with Crippen LogP contribution in [0.5, 0.6) is 0 Å². The van der Waals surface area contributed by atoms with Crippen LogP contribution in [-0.2, 0) is 14.6 Å². The van der Waals surface area contributed by atoms with Crippen molar-refractivity contribution in [2.75, 3.05) is 23.4 Å². The summed E-state index contributed by atoms with van der Waals surface area (Å²) >= 11 is 0. The summed E-state index contributed by atoms with van der Waals surface area (Å²) in [7, 11) is -3.01. The van der Waals surface area contributed by atoms with Gasteiger partial charge in [-0.15, -0.1) is 0 Å². The van der Waals surface area contributed by atoms with E-state index in [1.54, 1.807) is 0 Å². The molecule has 5 nitrogen and oxygen atoms in total. The molecule has 1 aliphatic heterocycles. The van der Waals surface area contributed by atoms with Crippen molar-refractivity contribution in [2.24, 2.45) is 0 Å². The maximum atomic E-state index is 12.0. The van der Waals surface area contributed by atoms with E-state index in [4.69, 9.17) is 0 Å². The zero-order valence-electron chi connectivity index (χ0n) is 11.8. The second kappa shape index (κ2) is 5.93. The quantitative estimate of drug-likeness (QED) is 0.873. The summed E-state index contributed by atoms with van der Waals surface area (Å²) in [5.74, 6) is 0.0308. The summed E-state index contributed by atoms with van der Waals surface area (Å²) in [5.41, 5.74) is 2.85. The molecule has 1 amide bonds. The average Bonchev–Trinajstić information content (AvgIpc) is 2.32.